The molecule has 0 N–H and O–H groups in total. The molecule has 0 aliphatic heterocycles. The molecule has 2 saturated carbocycles. The molecule has 1 atom stereocenters. The van der Waals surface area contributed by atoms with E-state index in [9.17, 15) is 0 Å². The van der Waals surface area contributed by atoms with E-state index < -0.39 is 5.21 Å². The molecule has 2 aliphatic carbocycles. The molecular formula is C11H18B2. The van der Waals surface area contributed by atoms with Crippen molar-refractivity contribution in [3.05, 3.63) is 0 Å². The van der Waals surface area contributed by atoms with E-state index in [1.54, 1.807) is 0 Å². The summed E-state index contributed by atoms with van der Waals surface area (Å²) in [5, 5.41) is -0.438. The average molecular weight is 172 g/mol. The summed E-state index contributed by atoms with van der Waals surface area (Å²) in [5.41, 5.74) is 0.657. The van der Waals surface area contributed by atoms with E-state index in [2.05, 4.69) is 0 Å². The van der Waals surface area contributed by atoms with Gasteiger partial charge in [0.15, 0.2) is 0 Å². The molecule has 1 spiro atoms. The molecular weight excluding hydrogens is 154 g/mol. The van der Waals surface area contributed by atoms with Gasteiger partial charge in [0.2, 0.25) is 0 Å². The Bertz CT molecular complexity index is 187. The van der Waals surface area contributed by atoms with Crippen LogP contribution in [0.3, 0.4) is 0 Å². The first-order chi connectivity index (χ1) is 6.02. The number of hydrogen-bond acceptors (Lipinski definition) is 0. The maximum absolute atomic E-state index is 5.97. The van der Waals surface area contributed by atoms with Gasteiger partial charge < -0.3 is 0 Å². The van der Waals surface area contributed by atoms with E-state index in [-0.39, 0.29) is 0 Å². The summed E-state index contributed by atoms with van der Waals surface area (Å²) in [6.07, 6.45) is 9.64. The summed E-state index contributed by atoms with van der Waals surface area (Å²) in [5.74, 6) is 0.561. The molecule has 0 bridgehead atoms. The second kappa shape index (κ2) is 3.07. The van der Waals surface area contributed by atoms with Crippen LogP contribution in [0.4, 0.5) is 0 Å². The van der Waals surface area contributed by atoms with Crippen LogP contribution < -0.4 is 0 Å². The maximum atomic E-state index is 5.97. The average Bonchev–Trinajstić information content (AvgIpc) is 2.60. The van der Waals surface area contributed by atoms with Crippen molar-refractivity contribution in [3.63, 3.8) is 0 Å². The second-order valence-electron chi connectivity index (χ2n) is 5.51. The minimum Gasteiger partial charge on any atom is -0.0989 e. The van der Waals surface area contributed by atoms with Crippen molar-refractivity contribution in [3.8, 4) is 0 Å². The van der Waals surface area contributed by atoms with E-state index >= 15 is 0 Å². The highest BCUT2D eigenvalue weighted by molar-refractivity contribution is 6.39. The zero-order valence-electron chi connectivity index (χ0n) is 8.68. The minimum absolute atomic E-state index is 0.438. The van der Waals surface area contributed by atoms with Crippen LogP contribution in [-0.2, 0) is 0 Å². The lowest BCUT2D eigenvalue weighted by Crippen LogP contribution is -2.20. The van der Waals surface area contributed by atoms with Gasteiger partial charge in [-0.05, 0) is 31.1 Å². The van der Waals surface area contributed by atoms with Crippen LogP contribution >= 0.6 is 0 Å². The molecule has 4 radical (unpaired) electrons. The van der Waals surface area contributed by atoms with Crippen LogP contribution in [0.1, 0.15) is 51.9 Å². The summed E-state index contributed by atoms with van der Waals surface area (Å²) >= 11 is 0. The minimum atomic E-state index is -0.438. The van der Waals surface area contributed by atoms with Gasteiger partial charge in [0.1, 0.15) is 0 Å². The Balaban J connectivity index is 2.01. The second-order valence-corrected chi connectivity index (χ2v) is 5.51. The molecule has 0 heterocycles. The molecule has 0 amide bonds. The molecule has 0 aromatic heterocycles. The highest BCUT2D eigenvalue weighted by Gasteiger charge is 2.43. The van der Waals surface area contributed by atoms with Gasteiger partial charge in [-0.3, -0.25) is 0 Å². The third-order valence-corrected chi connectivity index (χ3v) is 4.25. The van der Waals surface area contributed by atoms with Gasteiger partial charge in [-0.2, -0.15) is 0 Å². The summed E-state index contributed by atoms with van der Waals surface area (Å²) in [4.78, 5) is 0. The Morgan fingerprint density at radius 1 is 1.15 bits per heavy atom. The van der Waals surface area contributed by atoms with Crippen molar-refractivity contribution in [2.24, 2.45) is 11.3 Å². The van der Waals surface area contributed by atoms with Gasteiger partial charge in [0.25, 0.3) is 0 Å². The highest BCUT2D eigenvalue weighted by Crippen LogP contribution is 2.56. The lowest BCUT2D eigenvalue weighted by molar-refractivity contribution is 0.289. The Kier molecular flexibility index (Phi) is 2.28. The van der Waals surface area contributed by atoms with Crippen LogP contribution in [0.25, 0.3) is 0 Å². The van der Waals surface area contributed by atoms with E-state index in [0.717, 1.165) is 0 Å². The Morgan fingerprint density at radius 2 is 1.77 bits per heavy atom. The molecule has 13 heavy (non-hydrogen) atoms. The Hall–Kier alpha value is 0.130. The van der Waals surface area contributed by atoms with Crippen molar-refractivity contribution in [2.75, 3.05) is 0 Å². The molecule has 2 fully saturated rings. The van der Waals surface area contributed by atoms with Crippen molar-refractivity contribution < 1.29 is 0 Å². The van der Waals surface area contributed by atoms with E-state index in [0.29, 0.717) is 11.3 Å². The quantitative estimate of drug-likeness (QED) is 0.533. The number of hydrogen-bond donors (Lipinski definition) is 0. The van der Waals surface area contributed by atoms with E-state index in [1.807, 2.05) is 6.92 Å². The molecule has 2 heteroatoms. The standard InChI is InChI=1S/C11H18B2/c1-10(12,13)9-4-7-11(8-9)5-2-3-6-11/h9H,2-8H2,1H3. The van der Waals surface area contributed by atoms with E-state index in [4.69, 9.17) is 15.7 Å². The van der Waals surface area contributed by atoms with Crippen LogP contribution in [0.15, 0.2) is 0 Å². The van der Waals surface area contributed by atoms with E-state index in [1.165, 1.54) is 44.9 Å². The molecule has 68 valence electrons. The fourth-order valence-electron chi connectivity index (χ4n) is 3.32. The monoisotopic (exact) mass is 172 g/mol. The number of rotatable bonds is 1. The molecule has 0 aromatic rings. The van der Waals surface area contributed by atoms with Crippen LogP contribution in [0, 0.1) is 11.3 Å². The molecule has 2 rings (SSSR count). The van der Waals surface area contributed by atoms with Crippen molar-refractivity contribution in [2.45, 2.75) is 57.1 Å². The Morgan fingerprint density at radius 3 is 2.23 bits per heavy atom. The topological polar surface area (TPSA) is 0 Å². The van der Waals surface area contributed by atoms with Gasteiger partial charge in [0.05, 0.1) is 15.7 Å². The highest BCUT2D eigenvalue weighted by atomic mass is 14.5. The van der Waals surface area contributed by atoms with Crippen LogP contribution in [0.2, 0.25) is 5.21 Å². The molecule has 0 saturated heterocycles. The smallest absolute Gasteiger partial charge is 0.0620 e. The maximum Gasteiger partial charge on any atom is 0.0620 e. The fourth-order valence-corrected chi connectivity index (χ4v) is 3.32. The lowest BCUT2D eigenvalue weighted by atomic mass is 9.49. The first-order valence-corrected chi connectivity index (χ1v) is 5.60. The van der Waals surface area contributed by atoms with Crippen LogP contribution in [-0.4, -0.2) is 15.7 Å². The molecule has 2 aliphatic rings. The lowest BCUT2D eigenvalue weighted by Gasteiger charge is -2.30. The fraction of sp³-hybridized carbons (Fsp3) is 1.00. The normalized spacial score (nSPS) is 32.8. The third kappa shape index (κ3) is 1.82. The zero-order valence-corrected chi connectivity index (χ0v) is 8.68. The van der Waals surface area contributed by atoms with Gasteiger partial charge in [-0.15, -0.1) is 0 Å². The zero-order chi connectivity index (χ0) is 9.53. The largest absolute Gasteiger partial charge is 0.0989 e. The van der Waals surface area contributed by atoms with Crippen molar-refractivity contribution in [1.82, 2.24) is 0 Å². The summed E-state index contributed by atoms with van der Waals surface area (Å²) in [6.45, 7) is 1.98. The van der Waals surface area contributed by atoms with Gasteiger partial charge in [0, 0.05) is 0 Å². The predicted molar refractivity (Wildman–Crippen MR) is 58.1 cm³/mol. The van der Waals surface area contributed by atoms with Gasteiger partial charge in [-0.1, -0.05) is 37.3 Å². The van der Waals surface area contributed by atoms with Crippen molar-refractivity contribution in [1.29, 1.82) is 0 Å². The summed E-state index contributed by atoms with van der Waals surface area (Å²) < 4.78 is 0. The SMILES string of the molecule is [B]C([B])(C)C1CCC2(CCCC2)C1. The molecule has 0 aromatic carbocycles. The summed E-state index contributed by atoms with van der Waals surface area (Å²) in [7, 11) is 11.9. The van der Waals surface area contributed by atoms with Gasteiger partial charge >= 0.3 is 0 Å². The summed E-state index contributed by atoms with van der Waals surface area (Å²) in [6, 6.07) is 0. The van der Waals surface area contributed by atoms with Crippen LogP contribution in [0.5, 0.6) is 0 Å². The molecule has 0 nitrogen and oxygen atoms in total. The molecule has 1 unspecified atom stereocenters. The Labute approximate surface area is 84.7 Å². The first kappa shape index (κ1) is 9.68. The van der Waals surface area contributed by atoms with Gasteiger partial charge in [-0.25, -0.2) is 0 Å². The van der Waals surface area contributed by atoms with Crippen molar-refractivity contribution >= 4 is 15.7 Å². The third-order valence-electron chi connectivity index (χ3n) is 4.25. The predicted octanol–water partition coefficient (Wildman–Crippen LogP) is 2.82. The first-order valence-electron chi connectivity index (χ1n) is 5.60.